The van der Waals surface area contributed by atoms with Crippen molar-refractivity contribution in [2.45, 2.75) is 26.7 Å². The molecule has 0 saturated carbocycles. The van der Waals surface area contributed by atoms with Crippen LogP contribution in [0.25, 0.3) is 11.4 Å². The van der Waals surface area contributed by atoms with Gasteiger partial charge in [0, 0.05) is 37.5 Å². The van der Waals surface area contributed by atoms with Crippen LogP contribution in [0.1, 0.15) is 26.2 Å². The minimum Gasteiger partial charge on any atom is -0.355 e. The van der Waals surface area contributed by atoms with E-state index in [9.17, 15) is 9.59 Å². The number of nitrogens with one attached hydrogen (secondary N) is 1. The standard InChI is InChI=1S/C19H24N4O3/c1-19(2)11-14(12-20-18(19)25)17(24)23(3)10-9-15-21-16(22-26-15)13-7-5-4-6-8-13/h4-8,14H,9-12H2,1-3H3,(H,20,25). The number of nitrogens with zero attached hydrogens (tertiary/aromatic N) is 3. The zero-order chi connectivity index (χ0) is 18.7. The van der Waals surface area contributed by atoms with Crippen LogP contribution in [0.2, 0.25) is 0 Å². The van der Waals surface area contributed by atoms with Gasteiger partial charge in [0.05, 0.1) is 5.92 Å². The summed E-state index contributed by atoms with van der Waals surface area (Å²) in [6.07, 6.45) is 1.05. The van der Waals surface area contributed by atoms with Gasteiger partial charge in [0.2, 0.25) is 23.5 Å². The van der Waals surface area contributed by atoms with E-state index in [4.69, 9.17) is 4.52 Å². The minimum atomic E-state index is -0.517. The van der Waals surface area contributed by atoms with Crippen molar-refractivity contribution in [3.8, 4) is 11.4 Å². The van der Waals surface area contributed by atoms with Crippen molar-refractivity contribution in [3.63, 3.8) is 0 Å². The van der Waals surface area contributed by atoms with Crippen LogP contribution >= 0.6 is 0 Å². The van der Waals surface area contributed by atoms with Gasteiger partial charge in [0.25, 0.3) is 0 Å². The summed E-state index contributed by atoms with van der Waals surface area (Å²) in [4.78, 5) is 30.5. The Bertz CT molecular complexity index is 785. The van der Waals surface area contributed by atoms with Crippen molar-refractivity contribution < 1.29 is 14.1 Å². The molecule has 2 heterocycles. The highest BCUT2D eigenvalue weighted by molar-refractivity contribution is 5.87. The molecular weight excluding hydrogens is 332 g/mol. The van der Waals surface area contributed by atoms with E-state index in [0.717, 1.165) is 5.56 Å². The Labute approximate surface area is 152 Å². The average Bonchev–Trinajstić information content (AvgIpc) is 3.11. The van der Waals surface area contributed by atoms with Gasteiger partial charge >= 0.3 is 0 Å². The van der Waals surface area contributed by atoms with Crippen LogP contribution in [0.5, 0.6) is 0 Å². The molecule has 0 radical (unpaired) electrons. The highest BCUT2D eigenvalue weighted by Crippen LogP contribution is 2.30. The molecule has 1 unspecified atom stereocenters. The molecule has 0 bridgehead atoms. The van der Waals surface area contributed by atoms with Gasteiger partial charge in [-0.1, -0.05) is 49.3 Å². The van der Waals surface area contributed by atoms with Gasteiger partial charge in [-0.05, 0) is 6.42 Å². The molecular formula is C19H24N4O3. The van der Waals surface area contributed by atoms with Crippen LogP contribution in [-0.4, -0.2) is 47.0 Å². The van der Waals surface area contributed by atoms with Crippen molar-refractivity contribution in [3.05, 3.63) is 36.2 Å². The van der Waals surface area contributed by atoms with E-state index in [0.29, 0.717) is 37.6 Å². The number of hydrogen-bond acceptors (Lipinski definition) is 5. The van der Waals surface area contributed by atoms with Gasteiger partial charge in [-0.25, -0.2) is 0 Å². The van der Waals surface area contributed by atoms with Gasteiger partial charge in [0.15, 0.2) is 0 Å². The molecule has 0 aliphatic carbocycles. The normalized spacial score (nSPS) is 19.0. The fourth-order valence-electron chi connectivity index (χ4n) is 3.16. The molecule has 1 fully saturated rings. The van der Waals surface area contributed by atoms with E-state index in [-0.39, 0.29) is 17.7 Å². The summed E-state index contributed by atoms with van der Waals surface area (Å²) < 4.78 is 5.29. The molecule has 7 heteroatoms. The van der Waals surface area contributed by atoms with Crippen LogP contribution < -0.4 is 5.32 Å². The summed E-state index contributed by atoms with van der Waals surface area (Å²) in [7, 11) is 1.76. The first-order valence-electron chi connectivity index (χ1n) is 8.78. The number of carbonyl (C=O) groups is 2. The Morgan fingerprint density at radius 1 is 1.35 bits per heavy atom. The number of aromatic nitrogens is 2. The number of carbonyl (C=O) groups excluding carboxylic acids is 2. The van der Waals surface area contributed by atoms with E-state index < -0.39 is 5.41 Å². The molecule has 1 aliphatic heterocycles. The predicted octanol–water partition coefficient (Wildman–Crippen LogP) is 1.90. The van der Waals surface area contributed by atoms with Crippen LogP contribution in [0, 0.1) is 11.3 Å². The fourth-order valence-corrected chi connectivity index (χ4v) is 3.16. The largest absolute Gasteiger partial charge is 0.355 e. The van der Waals surface area contributed by atoms with Gasteiger partial charge in [-0.15, -0.1) is 0 Å². The first-order valence-corrected chi connectivity index (χ1v) is 8.78. The Balaban J connectivity index is 1.56. The monoisotopic (exact) mass is 356 g/mol. The maximum atomic E-state index is 12.6. The Kier molecular flexibility index (Phi) is 5.06. The van der Waals surface area contributed by atoms with E-state index in [2.05, 4.69) is 15.5 Å². The lowest BCUT2D eigenvalue weighted by molar-refractivity contribution is -0.141. The number of benzene rings is 1. The topological polar surface area (TPSA) is 88.3 Å². The third kappa shape index (κ3) is 3.92. The number of likely N-dealkylation sites (N-methyl/N-ethyl adjacent to an activating group) is 1. The molecule has 1 saturated heterocycles. The molecule has 1 aromatic carbocycles. The quantitative estimate of drug-likeness (QED) is 0.884. The van der Waals surface area contributed by atoms with Crippen LogP contribution in [-0.2, 0) is 16.0 Å². The third-order valence-electron chi connectivity index (χ3n) is 4.77. The maximum Gasteiger partial charge on any atom is 0.228 e. The third-order valence-corrected chi connectivity index (χ3v) is 4.77. The summed E-state index contributed by atoms with van der Waals surface area (Å²) in [5.41, 5.74) is 0.378. The lowest BCUT2D eigenvalue weighted by atomic mass is 9.78. The molecule has 1 N–H and O–H groups in total. The molecule has 0 spiro atoms. The van der Waals surface area contributed by atoms with Crippen molar-refractivity contribution in [1.29, 1.82) is 0 Å². The number of hydrogen-bond donors (Lipinski definition) is 1. The van der Waals surface area contributed by atoms with Gasteiger partial charge in [-0.3, -0.25) is 9.59 Å². The molecule has 3 rings (SSSR count). The lowest BCUT2D eigenvalue weighted by Gasteiger charge is -2.35. The molecule has 1 atom stereocenters. The maximum absolute atomic E-state index is 12.6. The highest BCUT2D eigenvalue weighted by atomic mass is 16.5. The van der Waals surface area contributed by atoms with Crippen LogP contribution in [0.4, 0.5) is 0 Å². The van der Waals surface area contributed by atoms with Crippen molar-refractivity contribution in [2.75, 3.05) is 20.1 Å². The summed E-state index contributed by atoms with van der Waals surface area (Å²) in [6, 6.07) is 9.61. The zero-order valence-electron chi connectivity index (χ0n) is 15.4. The van der Waals surface area contributed by atoms with E-state index in [1.54, 1.807) is 11.9 Å². The average molecular weight is 356 g/mol. The predicted molar refractivity (Wildman–Crippen MR) is 96.0 cm³/mol. The Hall–Kier alpha value is -2.70. The number of amides is 2. The number of rotatable bonds is 5. The first-order chi connectivity index (χ1) is 12.4. The first kappa shape index (κ1) is 18.1. The lowest BCUT2D eigenvalue weighted by Crippen LogP contribution is -2.51. The van der Waals surface area contributed by atoms with Crippen LogP contribution in [0.3, 0.4) is 0 Å². The van der Waals surface area contributed by atoms with Crippen molar-refractivity contribution in [2.24, 2.45) is 11.3 Å². The zero-order valence-corrected chi connectivity index (χ0v) is 15.4. The molecule has 138 valence electrons. The van der Waals surface area contributed by atoms with E-state index in [1.807, 2.05) is 44.2 Å². The highest BCUT2D eigenvalue weighted by Gasteiger charge is 2.39. The molecule has 7 nitrogen and oxygen atoms in total. The Morgan fingerprint density at radius 3 is 2.77 bits per heavy atom. The summed E-state index contributed by atoms with van der Waals surface area (Å²) in [6.45, 7) is 4.61. The van der Waals surface area contributed by atoms with E-state index in [1.165, 1.54) is 0 Å². The summed E-state index contributed by atoms with van der Waals surface area (Å²) >= 11 is 0. The van der Waals surface area contributed by atoms with Gasteiger partial charge in [0.1, 0.15) is 0 Å². The molecule has 2 aromatic rings. The van der Waals surface area contributed by atoms with E-state index >= 15 is 0 Å². The fraction of sp³-hybridized carbons (Fsp3) is 0.474. The molecule has 2 amide bonds. The van der Waals surface area contributed by atoms with Crippen molar-refractivity contribution in [1.82, 2.24) is 20.4 Å². The molecule has 1 aromatic heterocycles. The smallest absolute Gasteiger partial charge is 0.228 e. The van der Waals surface area contributed by atoms with Gasteiger partial charge in [-0.2, -0.15) is 4.98 Å². The minimum absolute atomic E-state index is 0.00324. The summed E-state index contributed by atoms with van der Waals surface area (Å²) in [5, 5.41) is 6.82. The van der Waals surface area contributed by atoms with Crippen LogP contribution in [0.15, 0.2) is 34.9 Å². The number of piperidine rings is 1. The van der Waals surface area contributed by atoms with Gasteiger partial charge < -0.3 is 14.7 Å². The second-order valence-electron chi connectivity index (χ2n) is 7.38. The van der Waals surface area contributed by atoms with Crippen molar-refractivity contribution >= 4 is 11.8 Å². The summed E-state index contributed by atoms with van der Waals surface area (Å²) in [5.74, 6) is 0.881. The Morgan fingerprint density at radius 2 is 2.08 bits per heavy atom. The SMILES string of the molecule is CN(CCc1nc(-c2ccccc2)no1)C(=O)C1CNC(=O)C(C)(C)C1. The second-order valence-corrected chi connectivity index (χ2v) is 7.38. The second kappa shape index (κ2) is 7.27. The molecule has 26 heavy (non-hydrogen) atoms. The molecule has 1 aliphatic rings.